The predicted molar refractivity (Wildman–Crippen MR) is 101 cm³/mol. The summed E-state index contributed by atoms with van der Waals surface area (Å²) in [5.41, 5.74) is 1.66. The highest BCUT2D eigenvalue weighted by molar-refractivity contribution is 6.52. The molecule has 2 aliphatic rings. The Kier molecular flexibility index (Phi) is 4.95. The van der Waals surface area contributed by atoms with Crippen molar-refractivity contribution in [3.05, 3.63) is 64.4 Å². The number of hydrogen-bond acceptors (Lipinski definition) is 4. The number of rotatable bonds is 4. The third-order valence-electron chi connectivity index (χ3n) is 5.13. The summed E-state index contributed by atoms with van der Waals surface area (Å²) in [7, 11) is 0. The van der Waals surface area contributed by atoms with Gasteiger partial charge in [-0.25, -0.2) is 4.39 Å². The third kappa shape index (κ3) is 3.48. The maximum Gasteiger partial charge on any atom is 0.300 e. The highest BCUT2D eigenvalue weighted by Gasteiger charge is 2.36. The number of piperazine rings is 1. The Morgan fingerprint density at radius 2 is 1.63 bits per heavy atom. The summed E-state index contributed by atoms with van der Waals surface area (Å²) in [6.45, 7) is 3.78. The molecule has 2 heterocycles. The number of benzene rings is 2. The Labute approximate surface area is 161 Å². The van der Waals surface area contributed by atoms with Crippen LogP contribution < -0.4 is 4.90 Å². The van der Waals surface area contributed by atoms with Gasteiger partial charge >= 0.3 is 5.91 Å². The monoisotopic (exact) mass is 387 g/mol. The minimum absolute atomic E-state index is 0.289. The highest BCUT2D eigenvalue weighted by Crippen LogP contribution is 2.29. The SMILES string of the molecule is O=C1C(=O)N(CN2CCN(Cc3c(F)cccc3Cl)CC2)c2ccccc21. The number of ketones is 1. The summed E-state index contributed by atoms with van der Waals surface area (Å²) in [4.78, 5) is 30.2. The maximum absolute atomic E-state index is 14.0. The van der Waals surface area contributed by atoms with E-state index in [1.54, 1.807) is 35.2 Å². The van der Waals surface area contributed by atoms with E-state index in [-0.39, 0.29) is 5.82 Å². The Balaban J connectivity index is 1.38. The number of halogens is 2. The quantitative estimate of drug-likeness (QED) is 0.757. The molecule has 1 amide bonds. The maximum atomic E-state index is 14.0. The summed E-state index contributed by atoms with van der Waals surface area (Å²) >= 11 is 6.12. The highest BCUT2D eigenvalue weighted by atomic mass is 35.5. The summed E-state index contributed by atoms with van der Waals surface area (Å²) in [5.74, 6) is -1.21. The van der Waals surface area contributed by atoms with Crippen LogP contribution >= 0.6 is 11.6 Å². The second kappa shape index (κ2) is 7.38. The van der Waals surface area contributed by atoms with E-state index in [1.165, 1.54) is 6.07 Å². The molecule has 0 saturated carbocycles. The molecule has 0 aliphatic carbocycles. The van der Waals surface area contributed by atoms with Crippen LogP contribution in [0.25, 0.3) is 0 Å². The van der Waals surface area contributed by atoms with Gasteiger partial charge in [0.15, 0.2) is 0 Å². The van der Waals surface area contributed by atoms with Crippen LogP contribution in [-0.4, -0.2) is 54.3 Å². The van der Waals surface area contributed by atoms with E-state index in [0.717, 1.165) is 26.2 Å². The van der Waals surface area contributed by atoms with Gasteiger partial charge < -0.3 is 0 Å². The van der Waals surface area contributed by atoms with Gasteiger partial charge in [-0.15, -0.1) is 0 Å². The van der Waals surface area contributed by atoms with Crippen molar-refractivity contribution in [1.82, 2.24) is 9.80 Å². The lowest BCUT2D eigenvalue weighted by Gasteiger charge is -2.36. The summed E-state index contributed by atoms with van der Waals surface area (Å²) < 4.78 is 14.0. The molecule has 4 rings (SSSR count). The normalized spacial score (nSPS) is 18.2. The molecular formula is C20H19ClFN3O2. The predicted octanol–water partition coefficient (Wildman–Crippen LogP) is 2.78. The zero-order chi connectivity index (χ0) is 19.0. The molecule has 27 heavy (non-hydrogen) atoms. The number of anilines is 1. The van der Waals surface area contributed by atoms with Crippen LogP contribution in [0.3, 0.4) is 0 Å². The van der Waals surface area contributed by atoms with Crippen molar-refractivity contribution in [2.24, 2.45) is 0 Å². The van der Waals surface area contributed by atoms with Crippen LogP contribution in [0.1, 0.15) is 15.9 Å². The fraction of sp³-hybridized carbons (Fsp3) is 0.300. The van der Waals surface area contributed by atoms with Crippen LogP contribution in [0.5, 0.6) is 0 Å². The number of carbonyl (C=O) groups is 2. The molecule has 140 valence electrons. The van der Waals surface area contributed by atoms with Crippen molar-refractivity contribution in [2.45, 2.75) is 6.54 Å². The molecule has 2 aromatic carbocycles. The Morgan fingerprint density at radius 3 is 2.37 bits per heavy atom. The molecule has 0 N–H and O–H groups in total. The first-order chi connectivity index (χ1) is 13.0. The third-order valence-corrected chi connectivity index (χ3v) is 5.48. The molecule has 0 spiro atoms. The second-order valence-corrected chi connectivity index (χ2v) is 7.22. The van der Waals surface area contributed by atoms with E-state index in [0.29, 0.717) is 35.1 Å². The van der Waals surface area contributed by atoms with Crippen molar-refractivity contribution in [1.29, 1.82) is 0 Å². The molecule has 2 aromatic rings. The van der Waals surface area contributed by atoms with E-state index in [9.17, 15) is 14.0 Å². The van der Waals surface area contributed by atoms with Crippen LogP contribution in [0.15, 0.2) is 42.5 Å². The number of para-hydroxylation sites is 1. The van der Waals surface area contributed by atoms with Gasteiger partial charge in [0.2, 0.25) is 0 Å². The van der Waals surface area contributed by atoms with Crippen molar-refractivity contribution >= 4 is 29.0 Å². The second-order valence-electron chi connectivity index (χ2n) is 6.82. The van der Waals surface area contributed by atoms with Gasteiger partial charge in [0.25, 0.3) is 5.78 Å². The Hall–Kier alpha value is -2.28. The average molecular weight is 388 g/mol. The smallest absolute Gasteiger partial charge is 0.296 e. The number of Topliss-reactive ketones (excluding diaryl/α,β-unsaturated/α-hetero) is 1. The summed E-state index contributed by atoms with van der Waals surface area (Å²) in [6, 6.07) is 11.8. The number of carbonyl (C=O) groups excluding carboxylic acids is 2. The molecule has 1 saturated heterocycles. The van der Waals surface area contributed by atoms with Gasteiger partial charge in [0.05, 0.1) is 17.9 Å². The van der Waals surface area contributed by atoms with Crippen molar-refractivity contribution in [2.75, 3.05) is 37.7 Å². The summed E-state index contributed by atoms with van der Waals surface area (Å²) in [5, 5.41) is 0.440. The topological polar surface area (TPSA) is 43.9 Å². The standard InChI is InChI=1S/C20H19ClFN3O2/c21-16-5-3-6-17(22)15(16)12-23-8-10-24(11-9-23)13-25-18-7-2-1-4-14(18)19(26)20(25)27/h1-7H,8-13H2. The van der Waals surface area contributed by atoms with E-state index >= 15 is 0 Å². The number of amides is 1. The Bertz CT molecular complexity index is 876. The van der Waals surface area contributed by atoms with Crippen LogP contribution in [-0.2, 0) is 11.3 Å². The van der Waals surface area contributed by atoms with Gasteiger partial charge in [-0.1, -0.05) is 29.8 Å². The van der Waals surface area contributed by atoms with Crippen LogP contribution in [0.4, 0.5) is 10.1 Å². The first kappa shape index (κ1) is 18.1. The lowest BCUT2D eigenvalue weighted by atomic mass is 10.1. The average Bonchev–Trinajstić information content (AvgIpc) is 2.91. The van der Waals surface area contributed by atoms with E-state index in [4.69, 9.17) is 11.6 Å². The van der Waals surface area contributed by atoms with Crippen LogP contribution in [0.2, 0.25) is 5.02 Å². The van der Waals surface area contributed by atoms with E-state index in [1.807, 2.05) is 6.07 Å². The fourth-order valence-corrected chi connectivity index (χ4v) is 3.81. The van der Waals surface area contributed by atoms with Gasteiger partial charge in [0, 0.05) is 43.3 Å². The molecule has 2 aliphatic heterocycles. The molecule has 1 fully saturated rings. The zero-order valence-corrected chi connectivity index (χ0v) is 15.5. The molecule has 0 unspecified atom stereocenters. The molecule has 5 nitrogen and oxygen atoms in total. The number of nitrogens with zero attached hydrogens (tertiary/aromatic N) is 3. The van der Waals surface area contributed by atoms with E-state index in [2.05, 4.69) is 9.80 Å². The fourth-order valence-electron chi connectivity index (χ4n) is 3.58. The largest absolute Gasteiger partial charge is 0.300 e. The minimum atomic E-state index is -0.475. The molecule has 0 atom stereocenters. The molecule has 0 radical (unpaired) electrons. The molecule has 7 heteroatoms. The number of hydrogen-bond donors (Lipinski definition) is 0. The lowest BCUT2D eigenvalue weighted by molar-refractivity contribution is -0.114. The summed E-state index contributed by atoms with van der Waals surface area (Å²) in [6.07, 6.45) is 0. The van der Waals surface area contributed by atoms with Crippen LogP contribution in [0, 0.1) is 5.82 Å². The van der Waals surface area contributed by atoms with Gasteiger partial charge in [0.1, 0.15) is 5.82 Å². The lowest BCUT2D eigenvalue weighted by Crippen LogP contribution is -2.50. The van der Waals surface area contributed by atoms with Gasteiger partial charge in [-0.05, 0) is 24.3 Å². The van der Waals surface area contributed by atoms with Crippen molar-refractivity contribution < 1.29 is 14.0 Å². The molecule has 0 aromatic heterocycles. The van der Waals surface area contributed by atoms with Gasteiger partial charge in [-0.3, -0.25) is 24.3 Å². The minimum Gasteiger partial charge on any atom is -0.296 e. The molecular weight excluding hydrogens is 369 g/mol. The van der Waals surface area contributed by atoms with E-state index < -0.39 is 11.7 Å². The zero-order valence-electron chi connectivity index (χ0n) is 14.7. The first-order valence-electron chi connectivity index (χ1n) is 8.87. The van der Waals surface area contributed by atoms with Crippen molar-refractivity contribution in [3.63, 3.8) is 0 Å². The molecule has 0 bridgehead atoms. The first-order valence-corrected chi connectivity index (χ1v) is 9.25. The van der Waals surface area contributed by atoms with Gasteiger partial charge in [-0.2, -0.15) is 0 Å². The van der Waals surface area contributed by atoms with Crippen molar-refractivity contribution in [3.8, 4) is 0 Å². The number of fused-ring (bicyclic) bond motifs is 1. The Morgan fingerprint density at radius 1 is 0.926 bits per heavy atom.